The summed E-state index contributed by atoms with van der Waals surface area (Å²) < 4.78 is 9.44. The lowest BCUT2D eigenvalue weighted by Gasteiger charge is -2.24. The molecule has 0 aliphatic carbocycles. The van der Waals surface area contributed by atoms with E-state index in [1.807, 2.05) is 36.5 Å². The maximum absolute atomic E-state index is 14.0. The number of hydrogen-bond donors (Lipinski definition) is 0. The van der Waals surface area contributed by atoms with Gasteiger partial charge in [-0.15, -0.1) is 0 Å². The average Bonchev–Trinajstić information content (AvgIpc) is 3.49. The highest BCUT2D eigenvalue weighted by molar-refractivity contribution is 7.07. The third-order valence-corrected chi connectivity index (χ3v) is 8.54. The number of thiazole rings is 1. The highest BCUT2D eigenvalue weighted by atomic mass is 35.5. The molecule has 3 aromatic carbocycles. The molecule has 11 heteroatoms. The van der Waals surface area contributed by atoms with Crippen LogP contribution in [0, 0.1) is 10.1 Å². The highest BCUT2D eigenvalue weighted by Crippen LogP contribution is 2.31. The fraction of sp³-hybridized carbons (Fsp3) is 0.156. The van der Waals surface area contributed by atoms with Gasteiger partial charge in [-0.25, -0.2) is 9.79 Å². The number of nitro benzene ring substituents is 1. The Kier molecular flexibility index (Phi) is 7.55. The van der Waals surface area contributed by atoms with Crippen molar-refractivity contribution >= 4 is 51.6 Å². The number of fused-ring (bicyclic) bond motifs is 2. The van der Waals surface area contributed by atoms with E-state index in [0.717, 1.165) is 22.0 Å². The van der Waals surface area contributed by atoms with Crippen LogP contribution in [0.15, 0.2) is 100 Å². The fourth-order valence-corrected chi connectivity index (χ4v) is 6.50. The molecule has 0 saturated carbocycles. The summed E-state index contributed by atoms with van der Waals surface area (Å²) in [7, 11) is 0. The second-order valence-electron chi connectivity index (χ2n) is 10.0. The molecule has 0 bridgehead atoms. The number of carbonyl (C=O) groups is 1. The van der Waals surface area contributed by atoms with Crippen molar-refractivity contribution in [1.82, 2.24) is 9.13 Å². The van der Waals surface area contributed by atoms with Gasteiger partial charge in [-0.3, -0.25) is 19.5 Å². The van der Waals surface area contributed by atoms with Gasteiger partial charge < -0.3 is 9.30 Å². The molecule has 1 aliphatic heterocycles. The van der Waals surface area contributed by atoms with Crippen LogP contribution in [0.5, 0.6) is 0 Å². The lowest BCUT2D eigenvalue weighted by atomic mass is 9.96. The Morgan fingerprint density at radius 3 is 2.53 bits per heavy atom. The van der Waals surface area contributed by atoms with E-state index in [2.05, 4.69) is 9.56 Å². The maximum Gasteiger partial charge on any atom is 0.338 e. The minimum absolute atomic E-state index is 0.0374. The molecule has 43 heavy (non-hydrogen) atoms. The molecule has 0 radical (unpaired) electrons. The number of hydrogen-bond acceptors (Lipinski definition) is 7. The minimum Gasteiger partial charge on any atom is -0.463 e. The first-order valence-electron chi connectivity index (χ1n) is 13.5. The summed E-state index contributed by atoms with van der Waals surface area (Å²) in [6, 6.07) is 20.7. The van der Waals surface area contributed by atoms with Gasteiger partial charge in [-0.2, -0.15) is 0 Å². The molecule has 5 aromatic rings. The normalized spacial score (nSPS) is 15.0. The number of nitrogens with zero attached hydrogens (tertiary/aromatic N) is 4. The summed E-state index contributed by atoms with van der Waals surface area (Å²) in [5.74, 6) is -0.521. The zero-order valence-electron chi connectivity index (χ0n) is 23.2. The number of allylic oxidation sites excluding steroid dienone is 1. The van der Waals surface area contributed by atoms with Crippen molar-refractivity contribution in [2.24, 2.45) is 4.99 Å². The topological polar surface area (TPSA) is 109 Å². The van der Waals surface area contributed by atoms with E-state index < -0.39 is 16.9 Å². The predicted molar refractivity (Wildman–Crippen MR) is 166 cm³/mol. The van der Waals surface area contributed by atoms with Crippen LogP contribution in [0.25, 0.3) is 17.0 Å². The van der Waals surface area contributed by atoms with Crippen LogP contribution >= 0.6 is 22.9 Å². The van der Waals surface area contributed by atoms with Crippen LogP contribution in [0.1, 0.15) is 36.6 Å². The van der Waals surface area contributed by atoms with Crippen LogP contribution < -0.4 is 14.9 Å². The number of ether oxygens (including phenoxy) is 1. The summed E-state index contributed by atoms with van der Waals surface area (Å²) in [5, 5.41) is 12.6. The van der Waals surface area contributed by atoms with E-state index >= 15 is 0 Å². The molecule has 1 unspecified atom stereocenters. The quantitative estimate of drug-likeness (QED) is 0.140. The lowest BCUT2D eigenvalue weighted by Crippen LogP contribution is -2.39. The van der Waals surface area contributed by atoms with Crippen LogP contribution in [-0.2, 0) is 16.1 Å². The van der Waals surface area contributed by atoms with Crippen LogP contribution in [-0.4, -0.2) is 26.6 Å². The molecule has 0 spiro atoms. The monoisotopic (exact) mass is 612 g/mol. The molecule has 1 atom stereocenters. The molecule has 3 heterocycles. The van der Waals surface area contributed by atoms with E-state index in [1.165, 1.54) is 23.5 Å². The number of halogens is 1. The number of non-ortho nitro benzene ring substituents is 1. The van der Waals surface area contributed by atoms with Gasteiger partial charge in [0.05, 0.1) is 33.4 Å². The van der Waals surface area contributed by atoms with Crippen molar-refractivity contribution in [3.63, 3.8) is 0 Å². The van der Waals surface area contributed by atoms with Crippen molar-refractivity contribution in [3.8, 4) is 0 Å². The van der Waals surface area contributed by atoms with Crippen LogP contribution in [0.4, 0.5) is 5.69 Å². The smallest absolute Gasteiger partial charge is 0.338 e. The number of benzene rings is 3. The first-order valence-corrected chi connectivity index (χ1v) is 14.7. The van der Waals surface area contributed by atoms with Crippen molar-refractivity contribution in [1.29, 1.82) is 0 Å². The largest absolute Gasteiger partial charge is 0.463 e. The van der Waals surface area contributed by atoms with Crippen molar-refractivity contribution < 1.29 is 14.5 Å². The van der Waals surface area contributed by atoms with Gasteiger partial charge in [0, 0.05) is 46.4 Å². The fourth-order valence-electron chi connectivity index (χ4n) is 5.33. The highest BCUT2D eigenvalue weighted by Gasteiger charge is 2.33. The maximum atomic E-state index is 14.0. The van der Waals surface area contributed by atoms with Crippen LogP contribution in [0.3, 0.4) is 0 Å². The number of esters is 1. The molecule has 6 rings (SSSR count). The SMILES string of the molecule is CCOC(=O)C1=C(C)N=c2s/c(=C/c3cn(Cc4ccc([N+](=O)[O-])cc4)c4ccccc34)c(=O)n2C1c1ccc(Cl)cc1. The summed E-state index contributed by atoms with van der Waals surface area (Å²) in [6.07, 6.45) is 3.82. The zero-order valence-corrected chi connectivity index (χ0v) is 24.8. The van der Waals surface area contributed by atoms with Gasteiger partial charge in [0.1, 0.15) is 0 Å². The van der Waals surface area contributed by atoms with E-state index in [9.17, 15) is 19.7 Å². The van der Waals surface area contributed by atoms with E-state index in [4.69, 9.17) is 16.3 Å². The molecule has 2 aromatic heterocycles. The molecule has 0 fully saturated rings. The van der Waals surface area contributed by atoms with E-state index in [1.54, 1.807) is 54.8 Å². The molecule has 216 valence electrons. The van der Waals surface area contributed by atoms with Gasteiger partial charge in [0.25, 0.3) is 11.2 Å². The lowest BCUT2D eigenvalue weighted by molar-refractivity contribution is -0.384. The van der Waals surface area contributed by atoms with Crippen molar-refractivity contribution in [2.45, 2.75) is 26.4 Å². The van der Waals surface area contributed by atoms with Gasteiger partial charge in [-0.1, -0.05) is 65.4 Å². The van der Waals surface area contributed by atoms with Gasteiger partial charge >= 0.3 is 5.97 Å². The number of aromatic nitrogens is 2. The number of carbonyl (C=O) groups excluding carboxylic acids is 1. The Hall–Kier alpha value is -4.80. The second kappa shape index (κ2) is 11.5. The second-order valence-corrected chi connectivity index (χ2v) is 11.5. The minimum atomic E-state index is -0.724. The molecule has 1 aliphatic rings. The van der Waals surface area contributed by atoms with Crippen molar-refractivity contribution in [2.75, 3.05) is 6.61 Å². The molecule has 0 N–H and O–H groups in total. The van der Waals surface area contributed by atoms with Gasteiger partial charge in [-0.05, 0) is 49.2 Å². The van der Waals surface area contributed by atoms with Gasteiger partial charge in [0.2, 0.25) is 0 Å². The summed E-state index contributed by atoms with van der Waals surface area (Å²) in [4.78, 5) is 42.9. The summed E-state index contributed by atoms with van der Waals surface area (Å²) in [6.45, 7) is 4.17. The van der Waals surface area contributed by atoms with Gasteiger partial charge in [0.15, 0.2) is 4.80 Å². The third-order valence-electron chi connectivity index (χ3n) is 7.31. The first kappa shape index (κ1) is 28.3. The number of nitro groups is 1. The Balaban J connectivity index is 1.48. The molecule has 9 nitrogen and oxygen atoms in total. The van der Waals surface area contributed by atoms with E-state index in [0.29, 0.717) is 37.7 Å². The summed E-state index contributed by atoms with van der Waals surface area (Å²) >= 11 is 7.41. The molecular formula is C32H25ClN4O5S. The first-order chi connectivity index (χ1) is 20.7. The number of rotatable bonds is 7. The molecule has 0 amide bonds. The Morgan fingerprint density at radius 2 is 1.84 bits per heavy atom. The number of para-hydroxylation sites is 1. The zero-order chi connectivity index (χ0) is 30.2. The Labute approximate surface area is 254 Å². The molecule has 0 saturated heterocycles. The van der Waals surface area contributed by atoms with E-state index in [-0.39, 0.29) is 17.9 Å². The van der Waals surface area contributed by atoms with Crippen molar-refractivity contribution in [3.05, 3.63) is 142 Å². The Morgan fingerprint density at radius 1 is 1.12 bits per heavy atom. The Bertz CT molecular complexity index is 2110. The molecular weight excluding hydrogens is 588 g/mol. The third kappa shape index (κ3) is 5.31. The van der Waals surface area contributed by atoms with Crippen LogP contribution in [0.2, 0.25) is 5.02 Å². The predicted octanol–water partition coefficient (Wildman–Crippen LogP) is 5.36. The average molecular weight is 613 g/mol. The summed E-state index contributed by atoms with van der Waals surface area (Å²) in [5.41, 5.74) is 3.98. The standard InChI is InChI=1S/C32H25ClN4O5S/c1-3-42-31(39)28-19(2)34-32-36(29(28)21-10-12-23(33)13-11-21)30(38)27(43-32)16-22-18-35(26-7-5-4-6-25(22)26)17-20-8-14-24(15-9-20)37(40)41/h4-16,18,29H,3,17H2,1-2H3/b27-16+.